The molecule has 0 bridgehead atoms. The molecule has 1 unspecified atom stereocenters. The predicted octanol–water partition coefficient (Wildman–Crippen LogP) is 2.94. The van der Waals surface area contributed by atoms with E-state index in [-0.39, 0.29) is 22.8 Å². The van der Waals surface area contributed by atoms with Crippen molar-refractivity contribution in [2.24, 2.45) is 15.1 Å². The van der Waals surface area contributed by atoms with Crippen LogP contribution in [0.15, 0.2) is 45.9 Å². The summed E-state index contributed by atoms with van der Waals surface area (Å²) in [5.41, 5.74) is 5.63. The lowest BCUT2D eigenvalue weighted by atomic mass is 9.92. The number of pyridine rings is 1. The minimum absolute atomic E-state index is 0.00143. The molecule has 3 N–H and O–H groups in total. The standard InChI is InChI=1S/C21H26FN5O3S/c1-20(2)19(23)27-21(3,12-31(20,29)24-4)15-10-13(6-8-16(15)22)26-18(28)17-9-7-14(30-5)11-25-17/h6-11H,12H2,1-5H3,(H2,23,27)(H,26,28)/t21-,31?/m0/s1. The minimum atomic E-state index is -2.82. The molecule has 1 aliphatic rings. The van der Waals surface area contributed by atoms with E-state index in [2.05, 4.69) is 19.7 Å². The predicted molar refractivity (Wildman–Crippen MR) is 120 cm³/mol. The van der Waals surface area contributed by atoms with Crippen molar-refractivity contribution >= 4 is 27.2 Å². The van der Waals surface area contributed by atoms with Crippen LogP contribution in [0.4, 0.5) is 10.1 Å². The van der Waals surface area contributed by atoms with E-state index in [1.807, 2.05) is 0 Å². The number of amidine groups is 1. The van der Waals surface area contributed by atoms with Gasteiger partial charge in [-0.25, -0.2) is 17.9 Å². The van der Waals surface area contributed by atoms with Crippen molar-refractivity contribution < 1.29 is 18.1 Å². The average Bonchev–Trinajstić information content (AvgIpc) is 2.73. The van der Waals surface area contributed by atoms with Crippen LogP contribution in [0.5, 0.6) is 5.75 Å². The van der Waals surface area contributed by atoms with Crippen LogP contribution in [-0.2, 0) is 15.3 Å². The van der Waals surface area contributed by atoms with Gasteiger partial charge in [0.05, 0.1) is 28.8 Å². The molecule has 0 fully saturated rings. The van der Waals surface area contributed by atoms with E-state index in [9.17, 15) is 13.4 Å². The molecule has 1 amide bonds. The highest BCUT2D eigenvalue weighted by molar-refractivity contribution is 7.95. The average molecular weight is 448 g/mol. The molecule has 0 radical (unpaired) electrons. The molecule has 166 valence electrons. The minimum Gasteiger partial charge on any atom is -0.495 e. The Labute approximate surface area is 181 Å². The van der Waals surface area contributed by atoms with Crippen LogP contribution < -0.4 is 15.8 Å². The maximum Gasteiger partial charge on any atom is 0.274 e. The van der Waals surface area contributed by atoms with E-state index >= 15 is 0 Å². The van der Waals surface area contributed by atoms with Crippen LogP contribution in [0.25, 0.3) is 0 Å². The first-order valence-corrected chi connectivity index (χ1v) is 11.2. The first-order chi connectivity index (χ1) is 14.5. The summed E-state index contributed by atoms with van der Waals surface area (Å²) in [6, 6.07) is 7.28. The Balaban J connectivity index is 1.98. The number of nitrogens with zero attached hydrogens (tertiary/aromatic N) is 3. The van der Waals surface area contributed by atoms with E-state index in [4.69, 9.17) is 10.5 Å². The number of halogens is 1. The van der Waals surface area contributed by atoms with Gasteiger partial charge in [-0.2, -0.15) is 0 Å². The number of hydrogen-bond donors (Lipinski definition) is 2. The lowest BCUT2D eigenvalue weighted by Gasteiger charge is -2.40. The summed E-state index contributed by atoms with van der Waals surface area (Å²) < 4.78 is 36.6. The van der Waals surface area contributed by atoms with Gasteiger partial charge in [-0.05, 0) is 51.1 Å². The number of benzene rings is 1. The number of aromatic nitrogens is 1. The molecule has 0 aliphatic carbocycles. The molecule has 3 rings (SSSR count). The third-order valence-corrected chi connectivity index (χ3v) is 8.91. The van der Waals surface area contributed by atoms with Crippen molar-refractivity contribution in [1.82, 2.24) is 4.98 Å². The van der Waals surface area contributed by atoms with Crippen LogP contribution in [0.1, 0.15) is 36.8 Å². The summed E-state index contributed by atoms with van der Waals surface area (Å²) in [6.45, 7) is 5.10. The molecular weight excluding hydrogens is 421 g/mol. The van der Waals surface area contributed by atoms with Crippen LogP contribution >= 0.6 is 0 Å². The van der Waals surface area contributed by atoms with Gasteiger partial charge in [0.1, 0.15) is 33.4 Å². The maximum absolute atomic E-state index is 14.8. The van der Waals surface area contributed by atoms with Gasteiger partial charge in [0.2, 0.25) is 0 Å². The lowest BCUT2D eigenvalue weighted by Crippen LogP contribution is -2.54. The molecule has 31 heavy (non-hydrogen) atoms. The third kappa shape index (κ3) is 3.99. The van der Waals surface area contributed by atoms with Crippen LogP contribution in [-0.4, -0.2) is 45.6 Å². The fourth-order valence-corrected chi connectivity index (χ4v) is 5.74. The number of methoxy groups -OCH3 is 1. The molecule has 2 aromatic rings. The summed E-state index contributed by atoms with van der Waals surface area (Å²) in [7, 11) is 0.153. The first kappa shape index (κ1) is 22.7. The first-order valence-electron chi connectivity index (χ1n) is 9.55. The number of ether oxygens (including phenoxy) is 1. The molecule has 1 aliphatic heterocycles. The second-order valence-electron chi connectivity index (χ2n) is 7.98. The summed E-state index contributed by atoms with van der Waals surface area (Å²) in [6.07, 6.45) is 1.43. The van der Waals surface area contributed by atoms with Crippen molar-refractivity contribution in [3.63, 3.8) is 0 Å². The zero-order valence-electron chi connectivity index (χ0n) is 18.1. The second-order valence-corrected chi connectivity index (χ2v) is 10.9. The SMILES string of the molecule is CN=S1(=O)C[C@@](C)(c2cc(NC(=O)c3ccc(OC)cn3)ccc2F)N=C(N)C1(C)C. The van der Waals surface area contributed by atoms with E-state index in [1.54, 1.807) is 26.8 Å². The molecule has 10 heteroatoms. The van der Waals surface area contributed by atoms with Gasteiger partial charge in [-0.1, -0.05) is 0 Å². The fourth-order valence-electron chi connectivity index (χ4n) is 3.43. The number of amides is 1. The Kier molecular flexibility index (Phi) is 5.79. The topological polar surface area (TPSA) is 119 Å². The number of anilines is 1. The molecular formula is C21H26FN5O3S. The van der Waals surface area contributed by atoms with Gasteiger partial charge in [0.15, 0.2) is 0 Å². The number of carbonyl (C=O) groups is 1. The fraction of sp³-hybridized carbons (Fsp3) is 0.381. The van der Waals surface area contributed by atoms with Crippen LogP contribution in [0.2, 0.25) is 0 Å². The van der Waals surface area contributed by atoms with Gasteiger partial charge in [-0.15, -0.1) is 0 Å². The highest BCUT2D eigenvalue weighted by Crippen LogP contribution is 2.39. The molecule has 2 atom stereocenters. The van der Waals surface area contributed by atoms with Crippen LogP contribution in [0, 0.1) is 5.82 Å². The molecule has 0 spiro atoms. The quantitative estimate of drug-likeness (QED) is 0.747. The van der Waals surface area contributed by atoms with Gasteiger partial charge in [0.25, 0.3) is 5.91 Å². The maximum atomic E-state index is 14.8. The number of aliphatic imine (C=N–C) groups is 1. The number of carbonyl (C=O) groups excluding carboxylic acids is 1. The van der Waals surface area contributed by atoms with E-state index < -0.39 is 31.7 Å². The Hall–Kier alpha value is -3.01. The highest BCUT2D eigenvalue weighted by Gasteiger charge is 2.47. The summed E-state index contributed by atoms with van der Waals surface area (Å²) in [5.74, 6) is -0.344. The third-order valence-electron chi connectivity index (χ3n) is 5.56. The van der Waals surface area contributed by atoms with Crippen molar-refractivity contribution in [2.75, 3.05) is 25.2 Å². The van der Waals surface area contributed by atoms with E-state index in [0.29, 0.717) is 11.4 Å². The van der Waals surface area contributed by atoms with Crippen molar-refractivity contribution in [1.29, 1.82) is 0 Å². The largest absolute Gasteiger partial charge is 0.495 e. The van der Waals surface area contributed by atoms with E-state index in [1.165, 1.54) is 44.6 Å². The zero-order valence-corrected chi connectivity index (χ0v) is 18.9. The Morgan fingerprint density at radius 1 is 1.29 bits per heavy atom. The van der Waals surface area contributed by atoms with Gasteiger partial charge >= 0.3 is 0 Å². The number of rotatable bonds is 4. The van der Waals surface area contributed by atoms with Crippen LogP contribution in [0.3, 0.4) is 0 Å². The van der Waals surface area contributed by atoms with Gasteiger partial charge in [-0.3, -0.25) is 9.79 Å². The molecule has 1 aromatic carbocycles. The monoisotopic (exact) mass is 447 g/mol. The lowest BCUT2D eigenvalue weighted by molar-refractivity contribution is 0.102. The molecule has 0 saturated carbocycles. The molecule has 8 nitrogen and oxygen atoms in total. The summed E-state index contributed by atoms with van der Waals surface area (Å²) in [5, 5.41) is 2.70. The Bertz CT molecular complexity index is 1170. The molecule has 2 heterocycles. The summed E-state index contributed by atoms with van der Waals surface area (Å²) in [4.78, 5) is 21.1. The normalized spacial score (nSPS) is 24.8. The highest BCUT2D eigenvalue weighted by atomic mass is 32.2. The molecule has 1 aromatic heterocycles. The summed E-state index contributed by atoms with van der Waals surface area (Å²) >= 11 is 0. The van der Waals surface area contributed by atoms with Crippen molar-refractivity contribution in [3.05, 3.63) is 53.6 Å². The number of hydrogen-bond acceptors (Lipinski definition) is 7. The smallest absolute Gasteiger partial charge is 0.274 e. The number of nitrogens with one attached hydrogen (secondary N) is 1. The Morgan fingerprint density at radius 3 is 2.58 bits per heavy atom. The molecule has 0 saturated heterocycles. The Morgan fingerprint density at radius 2 is 2.00 bits per heavy atom. The number of nitrogens with two attached hydrogens (primary N) is 1. The van der Waals surface area contributed by atoms with Crippen molar-refractivity contribution in [2.45, 2.75) is 31.1 Å². The second kappa shape index (κ2) is 7.92. The van der Waals surface area contributed by atoms with Gasteiger partial charge in [0, 0.05) is 18.3 Å². The van der Waals surface area contributed by atoms with Crippen molar-refractivity contribution in [3.8, 4) is 5.75 Å². The van der Waals surface area contributed by atoms with Gasteiger partial charge < -0.3 is 15.8 Å². The zero-order chi connectivity index (χ0) is 23.0. The van der Waals surface area contributed by atoms with E-state index in [0.717, 1.165) is 0 Å².